The Kier molecular flexibility index (Phi) is 3.10. The second-order valence-corrected chi connectivity index (χ2v) is 3.59. The first kappa shape index (κ1) is 10.3. The maximum absolute atomic E-state index is 10.5. The van der Waals surface area contributed by atoms with Gasteiger partial charge in [0.15, 0.2) is 0 Å². The Labute approximate surface area is 79.7 Å². The van der Waals surface area contributed by atoms with Gasteiger partial charge in [0.05, 0.1) is 0 Å². The first-order valence-electron chi connectivity index (χ1n) is 3.06. The van der Waals surface area contributed by atoms with Gasteiger partial charge >= 0.3 is 10.4 Å². The highest BCUT2D eigenvalue weighted by molar-refractivity contribution is 7.82. The van der Waals surface area contributed by atoms with Gasteiger partial charge < -0.3 is 4.18 Å². The molecule has 0 spiro atoms. The summed E-state index contributed by atoms with van der Waals surface area (Å²) < 4.78 is 28.4. The van der Waals surface area contributed by atoms with Gasteiger partial charge in [-0.15, -0.1) is 0 Å². The average molecular weight is 225 g/mol. The minimum Gasteiger partial charge on any atom is -0.360 e. The zero-order valence-electron chi connectivity index (χ0n) is 6.18. The van der Waals surface area contributed by atoms with Crippen LogP contribution in [0.15, 0.2) is 24.3 Å². The van der Waals surface area contributed by atoms with E-state index in [0.717, 1.165) is 0 Å². The molecule has 0 aliphatic heterocycles. The standard InChI is InChI=1S/C6H5ClO5S/c7-5-1-3-6(4-2-5)11-13(9,10)12-8/h1-4,8H. The van der Waals surface area contributed by atoms with Crippen LogP contribution in [0.1, 0.15) is 0 Å². The number of halogens is 1. The molecule has 0 amide bonds. The molecule has 0 saturated carbocycles. The van der Waals surface area contributed by atoms with Crippen molar-refractivity contribution < 1.29 is 22.2 Å². The van der Waals surface area contributed by atoms with E-state index in [0.29, 0.717) is 5.02 Å². The predicted molar refractivity (Wildman–Crippen MR) is 44.7 cm³/mol. The lowest BCUT2D eigenvalue weighted by Gasteiger charge is -2.01. The number of hydrogen-bond acceptors (Lipinski definition) is 5. The first-order chi connectivity index (χ1) is 6.03. The fourth-order valence-corrected chi connectivity index (χ4v) is 1.13. The normalized spacial score (nSPS) is 11.2. The molecule has 7 heteroatoms. The Morgan fingerprint density at radius 1 is 1.23 bits per heavy atom. The van der Waals surface area contributed by atoms with Gasteiger partial charge in [-0.3, -0.25) is 0 Å². The van der Waals surface area contributed by atoms with Crippen LogP contribution in [0.2, 0.25) is 5.02 Å². The zero-order valence-corrected chi connectivity index (χ0v) is 7.75. The molecular weight excluding hydrogens is 220 g/mol. The number of benzene rings is 1. The molecule has 0 bridgehead atoms. The summed E-state index contributed by atoms with van der Waals surface area (Å²) in [6.45, 7) is 0. The van der Waals surface area contributed by atoms with Crippen molar-refractivity contribution in [3.05, 3.63) is 29.3 Å². The topological polar surface area (TPSA) is 72.8 Å². The maximum Gasteiger partial charge on any atom is 0.476 e. The minimum absolute atomic E-state index is 0.00144. The molecule has 0 fully saturated rings. The van der Waals surface area contributed by atoms with E-state index >= 15 is 0 Å². The van der Waals surface area contributed by atoms with Crippen molar-refractivity contribution in [3.8, 4) is 5.75 Å². The van der Waals surface area contributed by atoms with Gasteiger partial charge in [0.2, 0.25) is 0 Å². The van der Waals surface area contributed by atoms with Crippen molar-refractivity contribution in [2.45, 2.75) is 0 Å². The second-order valence-electron chi connectivity index (χ2n) is 2.02. The van der Waals surface area contributed by atoms with Crippen molar-refractivity contribution >= 4 is 22.0 Å². The van der Waals surface area contributed by atoms with Crippen LogP contribution in [0.3, 0.4) is 0 Å². The molecule has 72 valence electrons. The van der Waals surface area contributed by atoms with Crippen molar-refractivity contribution in [1.29, 1.82) is 0 Å². The summed E-state index contributed by atoms with van der Waals surface area (Å²) in [5.74, 6) is -0.00144. The Hall–Kier alpha value is -0.820. The van der Waals surface area contributed by atoms with Crippen molar-refractivity contribution in [2.75, 3.05) is 0 Å². The summed E-state index contributed by atoms with van der Waals surface area (Å²) in [6, 6.07) is 5.51. The highest BCUT2D eigenvalue weighted by Gasteiger charge is 2.12. The molecule has 1 rings (SSSR count). The SMILES string of the molecule is O=S(=O)(OO)Oc1ccc(Cl)cc1. The zero-order chi connectivity index (χ0) is 9.90. The molecule has 0 heterocycles. The van der Waals surface area contributed by atoms with Crippen molar-refractivity contribution in [2.24, 2.45) is 0 Å². The molecule has 1 N–H and O–H groups in total. The van der Waals surface area contributed by atoms with Gasteiger partial charge in [-0.1, -0.05) is 15.9 Å². The van der Waals surface area contributed by atoms with Crippen LogP contribution in [0.25, 0.3) is 0 Å². The van der Waals surface area contributed by atoms with Crippen LogP contribution in [-0.2, 0) is 14.7 Å². The summed E-state index contributed by atoms with van der Waals surface area (Å²) in [5.41, 5.74) is 0. The molecule has 0 unspecified atom stereocenters. The van der Waals surface area contributed by atoms with Gasteiger partial charge in [-0.05, 0) is 24.3 Å². The molecule has 0 radical (unpaired) electrons. The van der Waals surface area contributed by atoms with E-state index in [1.54, 1.807) is 0 Å². The predicted octanol–water partition coefficient (Wildman–Crippen LogP) is 1.45. The van der Waals surface area contributed by atoms with Gasteiger partial charge in [0.1, 0.15) is 5.75 Å². The molecule has 0 aromatic heterocycles. The molecule has 1 aromatic carbocycles. The van der Waals surface area contributed by atoms with Crippen molar-refractivity contribution in [3.63, 3.8) is 0 Å². The Morgan fingerprint density at radius 3 is 2.23 bits per heavy atom. The highest BCUT2D eigenvalue weighted by atomic mass is 35.5. The van der Waals surface area contributed by atoms with Gasteiger partial charge in [-0.25, -0.2) is 5.26 Å². The number of rotatable bonds is 3. The summed E-state index contributed by atoms with van der Waals surface area (Å²) in [4.78, 5) is 0. The molecule has 1 aromatic rings. The first-order valence-corrected chi connectivity index (χ1v) is 4.78. The summed E-state index contributed by atoms with van der Waals surface area (Å²) in [7, 11) is -4.37. The lowest BCUT2D eigenvalue weighted by Crippen LogP contribution is -2.10. The average Bonchev–Trinajstić information content (AvgIpc) is 2.09. The third-order valence-corrected chi connectivity index (χ3v) is 1.93. The molecule has 0 aliphatic rings. The number of hydrogen-bond donors (Lipinski definition) is 1. The van der Waals surface area contributed by atoms with Crippen LogP contribution in [0.5, 0.6) is 5.75 Å². The molecule has 0 aliphatic carbocycles. The monoisotopic (exact) mass is 224 g/mol. The van der Waals surface area contributed by atoms with Gasteiger partial charge in [0, 0.05) is 5.02 Å². The van der Waals surface area contributed by atoms with E-state index in [2.05, 4.69) is 8.52 Å². The second kappa shape index (κ2) is 3.93. The summed E-state index contributed by atoms with van der Waals surface area (Å²) in [6.07, 6.45) is 0. The van der Waals surface area contributed by atoms with E-state index in [-0.39, 0.29) is 5.75 Å². The lowest BCUT2D eigenvalue weighted by atomic mass is 10.3. The summed E-state index contributed by atoms with van der Waals surface area (Å²) in [5, 5.41) is 8.31. The smallest absolute Gasteiger partial charge is 0.360 e. The Balaban J connectivity index is 2.82. The van der Waals surface area contributed by atoms with Gasteiger partial charge in [-0.2, -0.15) is 8.42 Å². The highest BCUT2D eigenvalue weighted by Crippen LogP contribution is 2.17. The van der Waals surface area contributed by atoms with E-state index in [1.165, 1.54) is 24.3 Å². The van der Waals surface area contributed by atoms with Crippen LogP contribution < -0.4 is 4.18 Å². The Bertz CT molecular complexity index is 371. The summed E-state index contributed by atoms with van der Waals surface area (Å²) >= 11 is 5.53. The van der Waals surface area contributed by atoms with E-state index in [1.807, 2.05) is 0 Å². The third-order valence-electron chi connectivity index (χ3n) is 1.10. The molecule has 5 nitrogen and oxygen atoms in total. The third kappa shape index (κ3) is 3.19. The van der Waals surface area contributed by atoms with E-state index < -0.39 is 10.4 Å². The largest absolute Gasteiger partial charge is 0.476 e. The fourth-order valence-electron chi connectivity index (χ4n) is 0.623. The van der Waals surface area contributed by atoms with E-state index in [9.17, 15) is 8.42 Å². The maximum atomic E-state index is 10.5. The van der Waals surface area contributed by atoms with Crippen LogP contribution in [0, 0.1) is 0 Å². The van der Waals surface area contributed by atoms with Crippen LogP contribution in [-0.4, -0.2) is 13.7 Å². The fraction of sp³-hybridized carbons (Fsp3) is 0. The molecule has 0 saturated heterocycles. The van der Waals surface area contributed by atoms with Crippen LogP contribution >= 0.6 is 11.6 Å². The Morgan fingerprint density at radius 2 is 1.77 bits per heavy atom. The van der Waals surface area contributed by atoms with Crippen LogP contribution in [0.4, 0.5) is 0 Å². The molecule has 13 heavy (non-hydrogen) atoms. The molecular formula is C6H5ClO5S. The quantitative estimate of drug-likeness (QED) is 0.622. The molecule has 0 atom stereocenters. The van der Waals surface area contributed by atoms with Gasteiger partial charge in [0.25, 0.3) is 0 Å². The van der Waals surface area contributed by atoms with Crippen molar-refractivity contribution in [1.82, 2.24) is 0 Å². The minimum atomic E-state index is -4.37. The van der Waals surface area contributed by atoms with E-state index in [4.69, 9.17) is 16.9 Å². The lowest BCUT2D eigenvalue weighted by molar-refractivity contribution is -0.138.